The van der Waals surface area contributed by atoms with Crippen LogP contribution in [0, 0.1) is 12.7 Å². The number of ether oxygens (including phenoxy) is 2. The minimum atomic E-state index is -0.432. The van der Waals surface area contributed by atoms with Gasteiger partial charge in [-0.1, -0.05) is 36.4 Å². The van der Waals surface area contributed by atoms with Crippen LogP contribution in [0.15, 0.2) is 60.7 Å². The smallest absolute Gasteiger partial charge is 0.238 e. The molecule has 0 aliphatic carbocycles. The number of nitrogens with one attached hydrogen (secondary N) is 1. The van der Waals surface area contributed by atoms with E-state index >= 15 is 0 Å². The van der Waals surface area contributed by atoms with Gasteiger partial charge < -0.3 is 14.8 Å². The van der Waals surface area contributed by atoms with Gasteiger partial charge in [0.25, 0.3) is 0 Å². The second kappa shape index (κ2) is 9.40. The van der Waals surface area contributed by atoms with Crippen LogP contribution in [-0.4, -0.2) is 38.1 Å². The van der Waals surface area contributed by atoms with Crippen molar-refractivity contribution >= 4 is 11.6 Å². The number of carbonyl (C=O) groups is 1. The van der Waals surface area contributed by atoms with Crippen molar-refractivity contribution in [3.8, 4) is 11.5 Å². The summed E-state index contributed by atoms with van der Waals surface area (Å²) < 4.78 is 25.3. The van der Waals surface area contributed by atoms with Crippen LogP contribution >= 0.6 is 0 Å². The highest BCUT2D eigenvalue weighted by atomic mass is 19.1. The van der Waals surface area contributed by atoms with Gasteiger partial charge in [0.05, 0.1) is 32.5 Å². The van der Waals surface area contributed by atoms with Gasteiger partial charge in [0.1, 0.15) is 5.82 Å². The van der Waals surface area contributed by atoms with E-state index < -0.39 is 5.82 Å². The summed E-state index contributed by atoms with van der Waals surface area (Å²) in [5.74, 6) is 0.663. The van der Waals surface area contributed by atoms with E-state index in [4.69, 9.17) is 9.47 Å². The molecule has 1 atom stereocenters. The Balaban J connectivity index is 1.65. The number of anilines is 1. The number of methoxy groups -OCH3 is 2. The van der Waals surface area contributed by atoms with Gasteiger partial charge in [-0.05, 0) is 59.9 Å². The van der Waals surface area contributed by atoms with Crippen LogP contribution in [0.4, 0.5) is 10.1 Å². The Morgan fingerprint density at radius 2 is 1.78 bits per heavy atom. The molecule has 0 aromatic heterocycles. The topological polar surface area (TPSA) is 50.8 Å². The Bertz CT molecular complexity index is 1120. The van der Waals surface area contributed by atoms with Crippen LogP contribution < -0.4 is 14.8 Å². The van der Waals surface area contributed by atoms with E-state index in [1.165, 1.54) is 6.07 Å². The molecule has 32 heavy (non-hydrogen) atoms. The zero-order valence-corrected chi connectivity index (χ0v) is 18.5. The number of benzene rings is 3. The van der Waals surface area contributed by atoms with Crippen molar-refractivity contribution in [2.24, 2.45) is 0 Å². The van der Waals surface area contributed by atoms with Crippen molar-refractivity contribution in [1.82, 2.24) is 4.90 Å². The first-order chi connectivity index (χ1) is 15.5. The van der Waals surface area contributed by atoms with Crippen LogP contribution in [0.5, 0.6) is 11.5 Å². The highest BCUT2D eigenvalue weighted by Crippen LogP contribution is 2.40. The fourth-order valence-electron chi connectivity index (χ4n) is 4.29. The predicted molar refractivity (Wildman–Crippen MR) is 123 cm³/mol. The van der Waals surface area contributed by atoms with Crippen LogP contribution in [0.3, 0.4) is 0 Å². The lowest BCUT2D eigenvalue weighted by Crippen LogP contribution is -2.41. The molecule has 0 unspecified atom stereocenters. The van der Waals surface area contributed by atoms with Gasteiger partial charge in [-0.15, -0.1) is 0 Å². The third kappa shape index (κ3) is 4.46. The average molecular weight is 435 g/mol. The molecule has 1 heterocycles. The highest BCUT2D eigenvalue weighted by molar-refractivity contribution is 5.92. The molecule has 0 bridgehead atoms. The molecule has 166 valence electrons. The van der Waals surface area contributed by atoms with Gasteiger partial charge >= 0.3 is 0 Å². The summed E-state index contributed by atoms with van der Waals surface area (Å²) >= 11 is 0. The van der Waals surface area contributed by atoms with E-state index in [2.05, 4.69) is 22.3 Å². The second-order valence-corrected chi connectivity index (χ2v) is 7.97. The van der Waals surface area contributed by atoms with Crippen molar-refractivity contribution in [3.05, 3.63) is 88.7 Å². The standard InChI is InChI=1S/C26H27FN2O3/c1-17-9-10-22(21(27)13-17)28-25(30)16-29-12-11-19-14-23(31-2)24(32-3)15-20(19)26(29)18-7-5-4-6-8-18/h4-10,13-15,26H,11-12,16H2,1-3H3,(H,28,30)/t26-/m1/s1. The maximum Gasteiger partial charge on any atom is 0.238 e. The molecule has 0 saturated heterocycles. The van der Waals surface area contributed by atoms with Crippen molar-refractivity contribution in [3.63, 3.8) is 0 Å². The number of nitrogens with zero attached hydrogens (tertiary/aromatic N) is 1. The van der Waals surface area contributed by atoms with E-state index in [0.29, 0.717) is 18.0 Å². The highest BCUT2D eigenvalue weighted by Gasteiger charge is 2.31. The first kappa shape index (κ1) is 21.8. The Hall–Kier alpha value is -3.38. The fourth-order valence-corrected chi connectivity index (χ4v) is 4.29. The van der Waals surface area contributed by atoms with E-state index in [0.717, 1.165) is 28.7 Å². The van der Waals surface area contributed by atoms with Crippen LogP contribution in [0.25, 0.3) is 0 Å². The van der Waals surface area contributed by atoms with Gasteiger partial charge in [-0.25, -0.2) is 4.39 Å². The number of amides is 1. The molecule has 0 fully saturated rings. The van der Waals surface area contributed by atoms with Crippen molar-refractivity contribution in [2.45, 2.75) is 19.4 Å². The minimum absolute atomic E-state index is 0.131. The van der Waals surface area contributed by atoms with Crippen molar-refractivity contribution < 1.29 is 18.7 Å². The molecule has 3 aromatic rings. The second-order valence-electron chi connectivity index (χ2n) is 7.97. The maximum atomic E-state index is 14.2. The summed E-state index contributed by atoms with van der Waals surface area (Å²) in [6.07, 6.45) is 0.769. The molecule has 5 nitrogen and oxygen atoms in total. The summed E-state index contributed by atoms with van der Waals surface area (Å²) in [6, 6.07) is 18.7. The van der Waals surface area contributed by atoms with Crippen molar-refractivity contribution in [1.29, 1.82) is 0 Å². The van der Waals surface area contributed by atoms with E-state index in [1.54, 1.807) is 26.4 Å². The lowest BCUT2D eigenvalue weighted by molar-refractivity contribution is -0.117. The fraction of sp³-hybridized carbons (Fsp3) is 0.269. The third-order valence-corrected chi connectivity index (χ3v) is 5.83. The quantitative estimate of drug-likeness (QED) is 0.609. The minimum Gasteiger partial charge on any atom is -0.493 e. The first-order valence-corrected chi connectivity index (χ1v) is 10.6. The van der Waals surface area contributed by atoms with E-state index in [1.807, 2.05) is 37.3 Å². The maximum absolute atomic E-state index is 14.2. The summed E-state index contributed by atoms with van der Waals surface area (Å²) in [5, 5.41) is 2.72. The number of aryl methyl sites for hydroxylation is 1. The zero-order valence-electron chi connectivity index (χ0n) is 18.5. The number of halogens is 1. The summed E-state index contributed by atoms with van der Waals surface area (Å²) in [6.45, 7) is 2.64. The predicted octanol–water partition coefficient (Wildman–Crippen LogP) is 4.74. The normalized spacial score (nSPS) is 15.7. The Morgan fingerprint density at radius 1 is 1.06 bits per heavy atom. The number of rotatable bonds is 6. The zero-order chi connectivity index (χ0) is 22.7. The lowest BCUT2D eigenvalue weighted by atomic mass is 9.87. The van der Waals surface area contributed by atoms with Crippen molar-refractivity contribution in [2.75, 3.05) is 32.6 Å². The van der Waals surface area contributed by atoms with Gasteiger partial charge in [0.15, 0.2) is 11.5 Å². The molecular weight excluding hydrogens is 407 g/mol. The molecular formula is C26H27FN2O3. The monoisotopic (exact) mass is 434 g/mol. The number of hydrogen-bond donors (Lipinski definition) is 1. The lowest BCUT2D eigenvalue weighted by Gasteiger charge is -2.37. The Kier molecular flexibility index (Phi) is 6.42. The SMILES string of the molecule is COc1cc2c(cc1OC)[C@@H](c1ccccc1)N(CC(=O)Nc1ccc(C)cc1F)CC2. The molecule has 1 aliphatic heterocycles. The van der Waals surface area contributed by atoms with E-state index in [9.17, 15) is 9.18 Å². The molecule has 3 aromatic carbocycles. The first-order valence-electron chi connectivity index (χ1n) is 10.6. The third-order valence-electron chi connectivity index (χ3n) is 5.83. The molecule has 1 aliphatic rings. The summed E-state index contributed by atoms with van der Waals surface area (Å²) in [5.41, 5.74) is 4.32. The van der Waals surface area contributed by atoms with Crippen LogP contribution in [-0.2, 0) is 11.2 Å². The molecule has 0 spiro atoms. The average Bonchev–Trinajstić information content (AvgIpc) is 2.80. The van der Waals surface area contributed by atoms with Gasteiger partial charge in [-0.2, -0.15) is 0 Å². The molecule has 0 radical (unpaired) electrons. The molecule has 1 N–H and O–H groups in total. The van der Waals surface area contributed by atoms with Gasteiger partial charge in [-0.3, -0.25) is 9.69 Å². The molecule has 6 heteroatoms. The number of fused-ring (bicyclic) bond motifs is 1. The summed E-state index contributed by atoms with van der Waals surface area (Å²) in [4.78, 5) is 15.0. The molecule has 4 rings (SSSR count). The van der Waals surface area contributed by atoms with Crippen LogP contribution in [0.1, 0.15) is 28.3 Å². The molecule has 1 amide bonds. The number of hydrogen-bond acceptors (Lipinski definition) is 4. The summed E-state index contributed by atoms with van der Waals surface area (Å²) in [7, 11) is 3.24. The van der Waals surface area contributed by atoms with Gasteiger partial charge in [0.2, 0.25) is 5.91 Å². The van der Waals surface area contributed by atoms with E-state index in [-0.39, 0.29) is 24.2 Å². The number of carbonyl (C=O) groups excluding carboxylic acids is 1. The Labute approximate surface area is 187 Å². The van der Waals surface area contributed by atoms with Gasteiger partial charge in [0, 0.05) is 6.54 Å². The Morgan fingerprint density at radius 3 is 2.47 bits per heavy atom. The largest absolute Gasteiger partial charge is 0.493 e. The molecule has 0 saturated carbocycles. The van der Waals surface area contributed by atoms with Crippen LogP contribution in [0.2, 0.25) is 0 Å².